The van der Waals surface area contributed by atoms with E-state index in [0.29, 0.717) is 18.7 Å². The minimum atomic E-state index is -0.0335. The second kappa shape index (κ2) is 9.52. The Hall–Kier alpha value is -2.92. The lowest BCUT2D eigenvalue weighted by atomic mass is 10.1. The highest BCUT2D eigenvalue weighted by Crippen LogP contribution is 2.26. The molecule has 1 aromatic heterocycles. The molecule has 29 heavy (non-hydrogen) atoms. The van der Waals surface area contributed by atoms with Crippen LogP contribution in [-0.4, -0.2) is 37.1 Å². The molecule has 4 rings (SSSR count). The van der Waals surface area contributed by atoms with Crippen LogP contribution in [0.15, 0.2) is 60.7 Å². The molecule has 0 radical (unpaired) electrons. The minimum Gasteiger partial charge on any atom is -0.356 e. The molecule has 0 spiro atoms. The van der Waals surface area contributed by atoms with Crippen LogP contribution in [-0.2, 0) is 6.54 Å². The first-order valence-corrected chi connectivity index (χ1v) is 10.5. The number of hydrogen-bond acceptors (Lipinski definition) is 4. The van der Waals surface area contributed by atoms with Crippen molar-refractivity contribution in [2.24, 2.45) is 0 Å². The Balaban J connectivity index is 1.38. The Morgan fingerprint density at radius 3 is 2.52 bits per heavy atom. The maximum absolute atomic E-state index is 12.1. The highest BCUT2D eigenvalue weighted by molar-refractivity contribution is 5.94. The number of rotatable bonds is 7. The molecule has 1 fully saturated rings. The Morgan fingerprint density at radius 2 is 1.69 bits per heavy atom. The lowest BCUT2D eigenvalue weighted by molar-refractivity contribution is 0.0954. The molecule has 3 aromatic rings. The van der Waals surface area contributed by atoms with E-state index in [9.17, 15) is 4.79 Å². The van der Waals surface area contributed by atoms with Gasteiger partial charge in [0.1, 0.15) is 5.82 Å². The number of amides is 1. The molecule has 1 aliphatic heterocycles. The van der Waals surface area contributed by atoms with Crippen molar-refractivity contribution in [2.45, 2.75) is 25.8 Å². The van der Waals surface area contributed by atoms with Gasteiger partial charge in [0.05, 0.1) is 5.52 Å². The highest BCUT2D eigenvalue weighted by Gasteiger charge is 2.16. The van der Waals surface area contributed by atoms with Gasteiger partial charge < -0.3 is 15.5 Å². The number of para-hydroxylation sites is 1. The highest BCUT2D eigenvalue weighted by atomic mass is 16.1. The fourth-order valence-corrected chi connectivity index (χ4v) is 3.84. The van der Waals surface area contributed by atoms with Crippen molar-refractivity contribution >= 4 is 22.6 Å². The number of benzene rings is 2. The molecule has 0 bridgehead atoms. The van der Waals surface area contributed by atoms with Crippen molar-refractivity contribution in [3.63, 3.8) is 0 Å². The van der Waals surface area contributed by atoms with Gasteiger partial charge in [-0.2, -0.15) is 0 Å². The quantitative estimate of drug-likeness (QED) is 0.606. The monoisotopic (exact) mass is 388 g/mol. The van der Waals surface area contributed by atoms with Crippen molar-refractivity contribution in [3.8, 4) is 0 Å². The van der Waals surface area contributed by atoms with Crippen molar-refractivity contribution in [1.29, 1.82) is 0 Å². The summed E-state index contributed by atoms with van der Waals surface area (Å²) in [5.41, 5.74) is 2.96. The van der Waals surface area contributed by atoms with Crippen LogP contribution >= 0.6 is 0 Å². The van der Waals surface area contributed by atoms with Gasteiger partial charge in [-0.3, -0.25) is 4.79 Å². The first-order chi connectivity index (χ1) is 14.3. The van der Waals surface area contributed by atoms with E-state index >= 15 is 0 Å². The number of nitrogens with one attached hydrogen (secondary N) is 2. The second-order valence-corrected chi connectivity index (χ2v) is 7.51. The van der Waals surface area contributed by atoms with E-state index in [-0.39, 0.29) is 5.91 Å². The largest absolute Gasteiger partial charge is 0.356 e. The van der Waals surface area contributed by atoms with Crippen LogP contribution in [0.2, 0.25) is 0 Å². The van der Waals surface area contributed by atoms with Crippen molar-refractivity contribution in [1.82, 2.24) is 15.6 Å². The number of hydrogen-bond donors (Lipinski definition) is 2. The summed E-state index contributed by atoms with van der Waals surface area (Å²) in [7, 11) is 0. The summed E-state index contributed by atoms with van der Waals surface area (Å²) in [6, 6.07) is 19.9. The van der Waals surface area contributed by atoms with Gasteiger partial charge in [0.15, 0.2) is 0 Å². The van der Waals surface area contributed by atoms with Gasteiger partial charge in [0.2, 0.25) is 0 Å². The summed E-state index contributed by atoms with van der Waals surface area (Å²) in [5.74, 6) is 1.07. The third-order valence-corrected chi connectivity index (χ3v) is 5.37. The van der Waals surface area contributed by atoms with Crippen LogP contribution in [0.25, 0.3) is 10.9 Å². The number of aromatic nitrogens is 1. The molecule has 1 amide bonds. The van der Waals surface area contributed by atoms with Gasteiger partial charge in [-0.25, -0.2) is 4.98 Å². The summed E-state index contributed by atoms with van der Waals surface area (Å²) in [6.45, 7) is 4.19. The Kier molecular flexibility index (Phi) is 6.37. The summed E-state index contributed by atoms with van der Waals surface area (Å²) in [4.78, 5) is 19.5. The zero-order valence-corrected chi connectivity index (χ0v) is 16.7. The van der Waals surface area contributed by atoms with Gasteiger partial charge >= 0.3 is 0 Å². The van der Waals surface area contributed by atoms with Crippen LogP contribution in [0, 0.1) is 0 Å². The standard InChI is InChI=1S/C24H28N4O/c29-24(19-9-3-1-4-10-19)26-14-13-25-18-21-17-20-11-5-6-12-22(20)27-23(21)28-15-7-2-8-16-28/h1,3-6,9-12,17,25H,2,7-8,13-16,18H2,(H,26,29). The predicted octanol–water partition coefficient (Wildman–Crippen LogP) is 3.74. The molecule has 2 aromatic carbocycles. The average Bonchev–Trinajstić information content (AvgIpc) is 2.79. The number of carbonyl (C=O) groups excluding carboxylic acids is 1. The molecular weight excluding hydrogens is 360 g/mol. The van der Waals surface area contributed by atoms with E-state index in [4.69, 9.17) is 4.98 Å². The molecule has 5 nitrogen and oxygen atoms in total. The minimum absolute atomic E-state index is 0.0335. The molecule has 2 heterocycles. The molecule has 1 aliphatic rings. The van der Waals surface area contributed by atoms with Gasteiger partial charge in [-0.05, 0) is 43.5 Å². The predicted molar refractivity (Wildman–Crippen MR) is 118 cm³/mol. The first kappa shape index (κ1) is 19.4. The molecule has 0 aliphatic carbocycles. The molecule has 0 unspecified atom stereocenters. The number of nitrogens with zero attached hydrogens (tertiary/aromatic N) is 2. The van der Waals surface area contributed by atoms with E-state index in [1.807, 2.05) is 36.4 Å². The van der Waals surface area contributed by atoms with Crippen LogP contribution in [0.5, 0.6) is 0 Å². The Bertz CT molecular complexity index is 952. The summed E-state index contributed by atoms with van der Waals surface area (Å²) in [5, 5.41) is 7.61. The fraction of sp³-hybridized carbons (Fsp3) is 0.333. The Labute approximate surface area is 172 Å². The second-order valence-electron chi connectivity index (χ2n) is 7.51. The van der Waals surface area contributed by atoms with Gasteiger partial charge in [-0.1, -0.05) is 36.4 Å². The smallest absolute Gasteiger partial charge is 0.251 e. The number of pyridine rings is 1. The third kappa shape index (κ3) is 4.93. The Morgan fingerprint density at radius 1 is 0.931 bits per heavy atom. The first-order valence-electron chi connectivity index (χ1n) is 10.5. The number of anilines is 1. The van der Waals surface area contributed by atoms with Gasteiger partial charge in [0, 0.05) is 49.2 Å². The van der Waals surface area contributed by atoms with E-state index in [1.54, 1.807) is 0 Å². The van der Waals surface area contributed by atoms with Crippen LogP contribution in [0.4, 0.5) is 5.82 Å². The van der Waals surface area contributed by atoms with Crippen molar-refractivity contribution < 1.29 is 4.79 Å². The van der Waals surface area contributed by atoms with Crippen molar-refractivity contribution in [3.05, 3.63) is 71.8 Å². The SMILES string of the molecule is O=C(NCCNCc1cc2ccccc2nc1N1CCCCC1)c1ccccc1. The van der Waals surface area contributed by atoms with Gasteiger partial charge in [0.25, 0.3) is 5.91 Å². The maximum Gasteiger partial charge on any atom is 0.251 e. The molecular formula is C24H28N4O. The van der Waals surface area contributed by atoms with E-state index in [0.717, 1.165) is 31.0 Å². The average molecular weight is 389 g/mol. The topological polar surface area (TPSA) is 57.3 Å². The molecule has 2 N–H and O–H groups in total. The van der Waals surface area contributed by atoms with Crippen LogP contribution < -0.4 is 15.5 Å². The molecule has 5 heteroatoms. The van der Waals surface area contributed by atoms with Crippen LogP contribution in [0.3, 0.4) is 0 Å². The van der Waals surface area contributed by atoms with Gasteiger partial charge in [-0.15, -0.1) is 0 Å². The molecule has 0 saturated carbocycles. The zero-order chi connectivity index (χ0) is 19.9. The lowest BCUT2D eigenvalue weighted by Gasteiger charge is -2.30. The molecule has 1 saturated heterocycles. The van der Waals surface area contributed by atoms with Crippen LogP contribution in [0.1, 0.15) is 35.2 Å². The van der Waals surface area contributed by atoms with E-state index < -0.39 is 0 Å². The summed E-state index contributed by atoms with van der Waals surface area (Å²) < 4.78 is 0. The molecule has 150 valence electrons. The summed E-state index contributed by atoms with van der Waals surface area (Å²) in [6.07, 6.45) is 3.76. The zero-order valence-electron chi connectivity index (χ0n) is 16.7. The fourth-order valence-electron chi connectivity index (χ4n) is 3.84. The third-order valence-electron chi connectivity index (χ3n) is 5.37. The number of piperidine rings is 1. The molecule has 0 atom stereocenters. The van der Waals surface area contributed by atoms with E-state index in [1.165, 1.54) is 30.2 Å². The normalized spacial score (nSPS) is 14.1. The number of carbonyl (C=O) groups is 1. The summed E-state index contributed by atoms with van der Waals surface area (Å²) >= 11 is 0. The van der Waals surface area contributed by atoms with Crippen molar-refractivity contribution in [2.75, 3.05) is 31.1 Å². The number of fused-ring (bicyclic) bond motifs is 1. The van der Waals surface area contributed by atoms with E-state index in [2.05, 4.69) is 39.8 Å². The maximum atomic E-state index is 12.1. The lowest BCUT2D eigenvalue weighted by Crippen LogP contribution is -2.33.